The standard InChI is InChI=1S/C20H27N3O2/c1-14-12-23(18-9-5-4-8-17(14)18)20(25)21-16-10-11-22(13-16)19(24)15-6-2-3-7-15/h4-5,8-9,14-16H,2-3,6-7,10-13H2,1H3,(H,21,25)/t14-,16-/m0/s1. The number of benzene rings is 1. The van der Waals surface area contributed by atoms with Crippen molar-refractivity contribution >= 4 is 17.6 Å². The minimum atomic E-state index is -0.0306. The van der Waals surface area contributed by atoms with Crippen LogP contribution in [0, 0.1) is 5.92 Å². The second-order valence-corrected chi connectivity index (χ2v) is 7.77. The van der Waals surface area contributed by atoms with Crippen LogP contribution in [0.15, 0.2) is 24.3 Å². The summed E-state index contributed by atoms with van der Waals surface area (Å²) < 4.78 is 0. The first-order valence-electron chi connectivity index (χ1n) is 9.59. The number of rotatable bonds is 2. The maximum atomic E-state index is 12.8. The van der Waals surface area contributed by atoms with Gasteiger partial charge in [-0.15, -0.1) is 0 Å². The Hall–Kier alpha value is -2.04. The molecule has 2 heterocycles. The van der Waals surface area contributed by atoms with E-state index >= 15 is 0 Å². The molecular weight excluding hydrogens is 314 g/mol. The predicted octanol–water partition coefficient (Wildman–Crippen LogP) is 3.11. The van der Waals surface area contributed by atoms with Crippen LogP contribution in [0.2, 0.25) is 0 Å². The van der Waals surface area contributed by atoms with Crippen molar-refractivity contribution in [3.8, 4) is 0 Å². The zero-order valence-electron chi connectivity index (χ0n) is 14.9. The Balaban J connectivity index is 1.36. The number of urea groups is 1. The van der Waals surface area contributed by atoms with Crippen molar-refractivity contribution in [2.45, 2.75) is 51.0 Å². The molecule has 2 atom stereocenters. The zero-order chi connectivity index (χ0) is 17.4. The van der Waals surface area contributed by atoms with Crippen LogP contribution in [-0.4, -0.2) is 42.5 Å². The molecule has 1 aliphatic carbocycles. The number of nitrogens with zero attached hydrogens (tertiary/aromatic N) is 2. The van der Waals surface area contributed by atoms with Gasteiger partial charge in [-0.3, -0.25) is 9.69 Å². The second kappa shape index (κ2) is 6.70. The Morgan fingerprint density at radius 3 is 2.64 bits per heavy atom. The van der Waals surface area contributed by atoms with E-state index in [9.17, 15) is 9.59 Å². The maximum absolute atomic E-state index is 12.8. The van der Waals surface area contributed by atoms with Crippen molar-refractivity contribution in [2.75, 3.05) is 24.5 Å². The van der Waals surface area contributed by atoms with E-state index < -0.39 is 0 Å². The quantitative estimate of drug-likeness (QED) is 0.898. The highest BCUT2D eigenvalue weighted by atomic mass is 16.2. The molecule has 4 rings (SSSR count). The number of hydrogen-bond donors (Lipinski definition) is 1. The first-order chi connectivity index (χ1) is 12.1. The minimum Gasteiger partial charge on any atom is -0.340 e. The molecule has 0 aromatic heterocycles. The Bertz CT molecular complexity index is 669. The van der Waals surface area contributed by atoms with Gasteiger partial charge in [-0.1, -0.05) is 38.0 Å². The molecular formula is C20H27N3O2. The lowest BCUT2D eigenvalue weighted by Gasteiger charge is -2.23. The molecule has 5 nitrogen and oxygen atoms in total. The minimum absolute atomic E-state index is 0.0306. The van der Waals surface area contributed by atoms with Crippen LogP contribution in [0.3, 0.4) is 0 Å². The number of amides is 3. The van der Waals surface area contributed by atoms with Crippen LogP contribution >= 0.6 is 0 Å². The van der Waals surface area contributed by atoms with Gasteiger partial charge in [0.1, 0.15) is 0 Å². The highest BCUT2D eigenvalue weighted by molar-refractivity contribution is 5.95. The number of fused-ring (bicyclic) bond motifs is 1. The highest BCUT2D eigenvalue weighted by Gasteiger charge is 2.35. The third kappa shape index (κ3) is 3.12. The fourth-order valence-electron chi connectivity index (χ4n) is 4.57. The predicted molar refractivity (Wildman–Crippen MR) is 97.7 cm³/mol. The maximum Gasteiger partial charge on any atom is 0.322 e. The van der Waals surface area contributed by atoms with Crippen LogP contribution in [0.25, 0.3) is 0 Å². The fourth-order valence-corrected chi connectivity index (χ4v) is 4.57. The number of carbonyl (C=O) groups excluding carboxylic acids is 2. The normalized spacial score (nSPS) is 26.1. The van der Waals surface area contributed by atoms with Gasteiger partial charge in [0.2, 0.25) is 5.91 Å². The van der Waals surface area contributed by atoms with Crippen LogP contribution < -0.4 is 10.2 Å². The van der Waals surface area contributed by atoms with Crippen molar-refractivity contribution < 1.29 is 9.59 Å². The first-order valence-corrected chi connectivity index (χ1v) is 9.59. The lowest BCUT2D eigenvalue weighted by atomic mass is 10.0. The van der Waals surface area contributed by atoms with E-state index in [2.05, 4.69) is 18.3 Å². The van der Waals surface area contributed by atoms with Gasteiger partial charge in [-0.2, -0.15) is 0 Å². The van der Waals surface area contributed by atoms with E-state index in [1.807, 2.05) is 28.0 Å². The summed E-state index contributed by atoms with van der Waals surface area (Å²) >= 11 is 0. The molecule has 1 N–H and O–H groups in total. The average Bonchev–Trinajstić information content (AvgIpc) is 3.35. The van der Waals surface area contributed by atoms with Gasteiger partial charge in [0.25, 0.3) is 0 Å². The van der Waals surface area contributed by atoms with Crippen molar-refractivity contribution in [2.24, 2.45) is 5.92 Å². The van der Waals surface area contributed by atoms with E-state index in [4.69, 9.17) is 0 Å². The monoisotopic (exact) mass is 341 g/mol. The van der Waals surface area contributed by atoms with Gasteiger partial charge in [-0.25, -0.2) is 4.79 Å². The van der Waals surface area contributed by atoms with E-state index in [-0.39, 0.29) is 18.0 Å². The third-order valence-corrected chi connectivity index (χ3v) is 5.99. The molecule has 1 aromatic rings. The molecule has 0 radical (unpaired) electrons. The SMILES string of the molecule is C[C@H]1CN(C(=O)N[C@H]2CCN(C(=O)C3CCCC3)C2)c2ccccc21. The highest BCUT2D eigenvalue weighted by Crippen LogP contribution is 2.35. The molecule has 1 saturated heterocycles. The topological polar surface area (TPSA) is 52.7 Å². The Kier molecular flexibility index (Phi) is 4.40. The molecule has 3 aliphatic rings. The number of para-hydroxylation sites is 1. The number of hydrogen-bond acceptors (Lipinski definition) is 2. The Morgan fingerprint density at radius 2 is 1.84 bits per heavy atom. The van der Waals surface area contributed by atoms with Crippen LogP contribution in [-0.2, 0) is 4.79 Å². The average molecular weight is 341 g/mol. The molecule has 134 valence electrons. The number of likely N-dealkylation sites (tertiary alicyclic amines) is 1. The van der Waals surface area contributed by atoms with E-state index in [0.717, 1.165) is 38.0 Å². The molecule has 2 fully saturated rings. The molecule has 25 heavy (non-hydrogen) atoms. The van der Waals surface area contributed by atoms with Gasteiger partial charge in [0, 0.05) is 43.2 Å². The van der Waals surface area contributed by atoms with Crippen LogP contribution in [0.1, 0.15) is 50.5 Å². The number of nitrogens with one attached hydrogen (secondary N) is 1. The number of carbonyl (C=O) groups is 2. The zero-order valence-corrected chi connectivity index (χ0v) is 14.9. The molecule has 0 unspecified atom stereocenters. The van der Waals surface area contributed by atoms with E-state index in [0.29, 0.717) is 18.4 Å². The van der Waals surface area contributed by atoms with Gasteiger partial charge >= 0.3 is 6.03 Å². The summed E-state index contributed by atoms with van der Waals surface area (Å²) in [6.45, 7) is 4.31. The molecule has 0 bridgehead atoms. The van der Waals surface area contributed by atoms with Gasteiger partial charge in [0.15, 0.2) is 0 Å². The van der Waals surface area contributed by atoms with Crippen molar-refractivity contribution in [3.05, 3.63) is 29.8 Å². The first kappa shape index (κ1) is 16.4. The lowest BCUT2D eigenvalue weighted by molar-refractivity contribution is -0.134. The summed E-state index contributed by atoms with van der Waals surface area (Å²) in [5.74, 6) is 0.890. The fraction of sp³-hybridized carbons (Fsp3) is 0.600. The molecule has 1 saturated carbocycles. The molecule has 5 heteroatoms. The van der Waals surface area contributed by atoms with Crippen molar-refractivity contribution in [3.63, 3.8) is 0 Å². The molecule has 0 spiro atoms. The summed E-state index contributed by atoms with van der Waals surface area (Å²) in [5, 5.41) is 3.15. The second-order valence-electron chi connectivity index (χ2n) is 7.77. The summed E-state index contributed by atoms with van der Waals surface area (Å²) in [4.78, 5) is 29.1. The third-order valence-electron chi connectivity index (χ3n) is 5.99. The Morgan fingerprint density at radius 1 is 1.08 bits per heavy atom. The van der Waals surface area contributed by atoms with Crippen LogP contribution in [0.5, 0.6) is 0 Å². The van der Waals surface area contributed by atoms with Crippen molar-refractivity contribution in [1.82, 2.24) is 10.2 Å². The smallest absolute Gasteiger partial charge is 0.322 e. The summed E-state index contributed by atoms with van der Waals surface area (Å²) in [7, 11) is 0. The van der Waals surface area contributed by atoms with Gasteiger partial charge in [0.05, 0.1) is 0 Å². The van der Waals surface area contributed by atoms with E-state index in [1.165, 1.54) is 18.4 Å². The summed E-state index contributed by atoms with van der Waals surface area (Å²) in [5.41, 5.74) is 2.26. The molecule has 1 aromatic carbocycles. The summed E-state index contributed by atoms with van der Waals surface area (Å²) in [6, 6.07) is 8.17. The summed E-state index contributed by atoms with van der Waals surface area (Å²) in [6.07, 6.45) is 5.28. The Labute approximate surface area is 149 Å². The van der Waals surface area contributed by atoms with E-state index in [1.54, 1.807) is 0 Å². The van der Waals surface area contributed by atoms with Crippen molar-refractivity contribution in [1.29, 1.82) is 0 Å². The van der Waals surface area contributed by atoms with Crippen LogP contribution in [0.4, 0.5) is 10.5 Å². The number of anilines is 1. The molecule has 3 amide bonds. The lowest BCUT2D eigenvalue weighted by Crippen LogP contribution is -2.46. The molecule has 2 aliphatic heterocycles. The van der Waals surface area contributed by atoms with Gasteiger partial charge in [-0.05, 0) is 30.9 Å². The largest absolute Gasteiger partial charge is 0.340 e. The van der Waals surface area contributed by atoms with Gasteiger partial charge < -0.3 is 10.2 Å².